The number of carboxylic acid groups (broad SMARTS) is 1. The van der Waals surface area contributed by atoms with E-state index in [1.165, 1.54) is 11.8 Å². The first kappa shape index (κ1) is 30.8. The van der Waals surface area contributed by atoms with E-state index >= 15 is 8.78 Å². The Morgan fingerprint density at radius 2 is 1.65 bits per heavy atom. The van der Waals surface area contributed by atoms with Crippen LogP contribution in [0.25, 0.3) is 0 Å². The van der Waals surface area contributed by atoms with E-state index in [2.05, 4.69) is 5.32 Å². The molecule has 8 nitrogen and oxygen atoms in total. The Morgan fingerprint density at radius 1 is 1.07 bits per heavy atom. The Bertz CT molecular complexity index is 1170. The molecule has 0 radical (unpaired) electrons. The molecule has 2 aromatic rings. The van der Waals surface area contributed by atoms with Crippen LogP contribution >= 0.6 is 0 Å². The number of ether oxygens (including phenoxy) is 2. The van der Waals surface area contributed by atoms with Crippen molar-refractivity contribution >= 4 is 17.8 Å². The van der Waals surface area contributed by atoms with Crippen molar-refractivity contribution in [3.05, 3.63) is 59.2 Å². The molecule has 0 unspecified atom stereocenters. The molecule has 218 valence electrons. The fraction of sp³-hybridized carbons (Fsp3) is 0.500. The number of carboxylic acids is 1. The normalized spacial score (nSPS) is 14.9. The van der Waals surface area contributed by atoms with Crippen molar-refractivity contribution in [2.45, 2.75) is 77.3 Å². The van der Waals surface area contributed by atoms with Gasteiger partial charge in [-0.05, 0) is 70.2 Å². The second kappa shape index (κ2) is 13.1. The summed E-state index contributed by atoms with van der Waals surface area (Å²) in [6, 6.07) is 10.0. The summed E-state index contributed by atoms with van der Waals surface area (Å²) in [5.41, 5.74) is -0.202. The van der Waals surface area contributed by atoms with Crippen LogP contribution in [0.4, 0.5) is 13.6 Å². The minimum absolute atomic E-state index is 0.254. The fourth-order valence-electron chi connectivity index (χ4n) is 4.85. The van der Waals surface area contributed by atoms with E-state index in [1.807, 2.05) is 0 Å². The lowest BCUT2D eigenvalue weighted by Gasteiger charge is -2.41. The van der Waals surface area contributed by atoms with Gasteiger partial charge in [0.1, 0.15) is 22.6 Å². The molecule has 1 aliphatic rings. The molecule has 0 saturated heterocycles. The molecule has 1 saturated carbocycles. The zero-order valence-electron chi connectivity index (χ0n) is 23.5. The Balaban J connectivity index is 1.96. The molecule has 40 heavy (non-hydrogen) atoms. The Morgan fingerprint density at radius 3 is 2.10 bits per heavy atom. The van der Waals surface area contributed by atoms with Crippen LogP contribution in [0.1, 0.15) is 80.9 Å². The van der Waals surface area contributed by atoms with E-state index in [0.29, 0.717) is 17.5 Å². The smallest absolute Gasteiger partial charge is 0.329 e. The van der Waals surface area contributed by atoms with Crippen molar-refractivity contribution in [3.63, 3.8) is 0 Å². The Labute approximate surface area is 233 Å². The maximum absolute atomic E-state index is 15.1. The number of hydrogen-bond donors (Lipinski definition) is 2. The van der Waals surface area contributed by atoms with Gasteiger partial charge in [0.25, 0.3) is 5.92 Å². The average molecular weight is 561 g/mol. The topological polar surface area (TPSA) is 105 Å². The van der Waals surface area contributed by atoms with Gasteiger partial charge in [-0.1, -0.05) is 30.3 Å². The van der Waals surface area contributed by atoms with Crippen molar-refractivity contribution in [2.75, 3.05) is 19.8 Å². The molecule has 3 rings (SSSR count). The fourth-order valence-corrected chi connectivity index (χ4v) is 4.85. The van der Waals surface area contributed by atoms with Crippen LogP contribution in [0.3, 0.4) is 0 Å². The molecule has 2 aromatic carbocycles. The second-order valence-corrected chi connectivity index (χ2v) is 10.1. The highest BCUT2D eigenvalue weighted by atomic mass is 19.3. The summed E-state index contributed by atoms with van der Waals surface area (Å²) in [6.45, 7) is 6.77. The number of carbonyl (C=O) groups is 3. The minimum Gasteiger partial charge on any atom is -0.493 e. The van der Waals surface area contributed by atoms with Gasteiger partial charge in [0.05, 0.1) is 19.3 Å². The first-order valence-electron chi connectivity index (χ1n) is 13.6. The third-order valence-corrected chi connectivity index (χ3v) is 7.24. The Hall–Kier alpha value is -3.69. The quantitative estimate of drug-likeness (QED) is 0.273. The summed E-state index contributed by atoms with van der Waals surface area (Å²) >= 11 is 0. The highest BCUT2D eigenvalue weighted by Crippen LogP contribution is 2.37. The van der Waals surface area contributed by atoms with Gasteiger partial charge in [-0.2, -0.15) is 0 Å². The summed E-state index contributed by atoms with van der Waals surface area (Å²) < 4.78 is 41.6. The molecule has 0 heterocycles. The number of nitrogens with zero attached hydrogens (tertiary/aromatic N) is 1. The van der Waals surface area contributed by atoms with Gasteiger partial charge < -0.3 is 24.8 Å². The van der Waals surface area contributed by atoms with E-state index in [1.54, 1.807) is 63.2 Å². The second-order valence-electron chi connectivity index (χ2n) is 10.1. The van der Waals surface area contributed by atoms with Crippen LogP contribution in [0.5, 0.6) is 11.5 Å². The molecule has 2 amide bonds. The highest BCUT2D eigenvalue weighted by Gasteiger charge is 2.47. The van der Waals surface area contributed by atoms with Gasteiger partial charge in [-0.25, -0.2) is 18.4 Å². The number of ketones is 1. The number of hydrogen-bond acceptors (Lipinski definition) is 5. The molecule has 0 bridgehead atoms. The van der Waals surface area contributed by atoms with Gasteiger partial charge in [0.2, 0.25) is 0 Å². The molecule has 0 aromatic heterocycles. The van der Waals surface area contributed by atoms with Crippen LogP contribution in [0.15, 0.2) is 42.5 Å². The first-order valence-corrected chi connectivity index (χ1v) is 13.6. The SMILES string of the molecule is CCOc1cc([C@@H](C)N(CCC(F)(F)Cc2ccccc2)C(=O)NC2(C(=O)O)CCC2)cc(OCC)c1C(C)=O. The van der Waals surface area contributed by atoms with Gasteiger partial charge in [-0.3, -0.25) is 4.79 Å². The number of amides is 2. The van der Waals surface area contributed by atoms with Gasteiger partial charge >= 0.3 is 12.0 Å². The van der Waals surface area contributed by atoms with Crippen LogP contribution in [0, 0.1) is 0 Å². The van der Waals surface area contributed by atoms with Crippen molar-refractivity contribution < 1.29 is 37.7 Å². The lowest BCUT2D eigenvalue weighted by molar-refractivity contribution is -0.148. The number of alkyl halides is 2. The average Bonchev–Trinajstić information content (AvgIpc) is 2.86. The number of carbonyl (C=O) groups excluding carboxylic acids is 2. The summed E-state index contributed by atoms with van der Waals surface area (Å²) in [4.78, 5) is 39.1. The summed E-state index contributed by atoms with van der Waals surface area (Å²) in [5, 5.41) is 12.3. The number of Topliss-reactive ketones (excluding diaryl/α,β-unsaturated/α-hetero) is 1. The maximum Gasteiger partial charge on any atom is 0.329 e. The van der Waals surface area contributed by atoms with Crippen LogP contribution in [-0.4, -0.2) is 59.0 Å². The number of rotatable bonds is 14. The molecular weight excluding hydrogens is 522 g/mol. The van der Waals surface area contributed by atoms with Crippen LogP contribution in [0.2, 0.25) is 0 Å². The number of aliphatic carboxylic acids is 1. The lowest BCUT2D eigenvalue weighted by atomic mass is 9.77. The van der Waals surface area contributed by atoms with Gasteiger partial charge in [0, 0.05) is 19.4 Å². The zero-order chi connectivity index (χ0) is 29.5. The molecule has 1 aliphatic carbocycles. The summed E-state index contributed by atoms with van der Waals surface area (Å²) in [5.74, 6) is -4.02. The predicted octanol–water partition coefficient (Wildman–Crippen LogP) is 6.03. The van der Waals surface area contributed by atoms with E-state index in [-0.39, 0.29) is 55.4 Å². The van der Waals surface area contributed by atoms with Crippen LogP contribution in [-0.2, 0) is 11.2 Å². The molecular formula is C30H38F2N2O6. The number of urea groups is 1. The van der Waals surface area contributed by atoms with Gasteiger partial charge in [-0.15, -0.1) is 0 Å². The van der Waals surface area contributed by atoms with E-state index in [4.69, 9.17) is 9.47 Å². The molecule has 1 fully saturated rings. The largest absolute Gasteiger partial charge is 0.493 e. The highest BCUT2D eigenvalue weighted by molar-refractivity contribution is 5.99. The minimum atomic E-state index is -3.12. The number of halogens is 2. The summed E-state index contributed by atoms with van der Waals surface area (Å²) in [6.07, 6.45) is 0.0294. The zero-order valence-corrected chi connectivity index (χ0v) is 23.5. The first-order chi connectivity index (χ1) is 18.9. The monoisotopic (exact) mass is 560 g/mol. The van der Waals surface area contributed by atoms with Crippen molar-refractivity contribution in [3.8, 4) is 11.5 Å². The predicted molar refractivity (Wildman–Crippen MR) is 146 cm³/mol. The molecule has 0 aliphatic heterocycles. The van der Waals surface area contributed by atoms with E-state index in [0.717, 1.165) is 0 Å². The van der Waals surface area contributed by atoms with Gasteiger partial charge in [0.15, 0.2) is 5.78 Å². The molecule has 1 atom stereocenters. The third-order valence-electron chi connectivity index (χ3n) is 7.24. The van der Waals surface area contributed by atoms with Crippen molar-refractivity contribution in [2.24, 2.45) is 0 Å². The van der Waals surface area contributed by atoms with E-state index in [9.17, 15) is 19.5 Å². The molecule has 0 spiro atoms. The lowest BCUT2D eigenvalue weighted by Crippen LogP contribution is -2.62. The number of benzene rings is 2. The molecule has 2 N–H and O–H groups in total. The standard InChI is InChI=1S/C30H38F2N2O6/c1-5-39-24-17-23(18-25(40-6-2)26(24)21(4)35)20(3)34(28(38)33-29(27(36)37)13-10-14-29)16-15-30(31,32)19-22-11-8-7-9-12-22/h7-9,11-12,17-18,20H,5-6,10,13-16,19H2,1-4H3,(H,33,38)(H,36,37)/t20-/m1/s1. The number of nitrogens with one attached hydrogen (secondary N) is 1. The third kappa shape index (κ3) is 7.28. The van der Waals surface area contributed by atoms with E-state index < -0.39 is 42.3 Å². The Kier molecular flexibility index (Phi) is 10.1. The van der Waals surface area contributed by atoms with Crippen LogP contribution < -0.4 is 14.8 Å². The van der Waals surface area contributed by atoms with Crippen molar-refractivity contribution in [1.82, 2.24) is 10.2 Å². The maximum atomic E-state index is 15.1. The summed E-state index contributed by atoms with van der Waals surface area (Å²) in [7, 11) is 0. The van der Waals surface area contributed by atoms with Crippen molar-refractivity contribution in [1.29, 1.82) is 0 Å². The molecule has 10 heteroatoms.